The van der Waals surface area contributed by atoms with Gasteiger partial charge in [0.1, 0.15) is 12.4 Å². The number of H-pyrrole nitrogens is 1. The number of carbonyl (C=O) groups excluding carboxylic acids is 1. The normalized spacial score (nSPS) is 12.1. The molecule has 1 amide bonds. The molecule has 88 valence electrons. The van der Waals surface area contributed by atoms with Gasteiger partial charge < -0.3 is 10.4 Å². The maximum absolute atomic E-state index is 11.2. The molecule has 0 saturated carbocycles. The van der Waals surface area contributed by atoms with Crippen molar-refractivity contribution in [1.29, 1.82) is 0 Å². The molecule has 1 heterocycles. The van der Waals surface area contributed by atoms with Crippen LogP contribution in [-0.4, -0.2) is 38.4 Å². The van der Waals surface area contributed by atoms with Gasteiger partial charge in [0.05, 0.1) is 0 Å². The predicted octanol–water partition coefficient (Wildman–Crippen LogP) is -2.57. The van der Waals surface area contributed by atoms with Gasteiger partial charge in [-0.3, -0.25) is 19.0 Å². The van der Waals surface area contributed by atoms with E-state index in [0.29, 0.717) is 0 Å². The van der Waals surface area contributed by atoms with Crippen molar-refractivity contribution >= 4 is 5.91 Å². The molecule has 16 heavy (non-hydrogen) atoms. The van der Waals surface area contributed by atoms with E-state index in [4.69, 9.17) is 5.11 Å². The standard InChI is InChI=1S/C8H12N4O4/c1-5(13)6(14)9-2-3-12-4-10-11-7(15)8(12)16/h4-5,13H,2-3H2,1H3,(H,9,14)(H,11,15). The van der Waals surface area contributed by atoms with Crippen LogP contribution in [0.25, 0.3) is 0 Å². The van der Waals surface area contributed by atoms with Crippen LogP contribution in [0.3, 0.4) is 0 Å². The zero-order valence-corrected chi connectivity index (χ0v) is 8.64. The number of aliphatic hydroxyl groups excluding tert-OH is 1. The summed E-state index contributed by atoms with van der Waals surface area (Å²) in [5, 5.41) is 16.7. The number of nitrogens with one attached hydrogen (secondary N) is 2. The summed E-state index contributed by atoms with van der Waals surface area (Å²) in [6, 6.07) is 0. The molecule has 1 aromatic heterocycles. The molecule has 0 saturated heterocycles. The average molecular weight is 228 g/mol. The lowest BCUT2D eigenvalue weighted by molar-refractivity contribution is -0.128. The van der Waals surface area contributed by atoms with E-state index in [-0.39, 0.29) is 13.1 Å². The Morgan fingerprint density at radius 2 is 2.38 bits per heavy atom. The molecule has 1 aromatic rings. The largest absolute Gasteiger partial charge is 0.384 e. The molecule has 0 fully saturated rings. The van der Waals surface area contributed by atoms with Crippen LogP contribution < -0.4 is 16.4 Å². The molecule has 0 spiro atoms. The monoisotopic (exact) mass is 228 g/mol. The van der Waals surface area contributed by atoms with Crippen LogP contribution in [0.5, 0.6) is 0 Å². The Labute approximate surface area is 89.9 Å². The number of nitrogens with zero attached hydrogens (tertiary/aromatic N) is 2. The second kappa shape index (κ2) is 5.21. The van der Waals surface area contributed by atoms with E-state index >= 15 is 0 Å². The third-order valence-electron chi connectivity index (χ3n) is 1.85. The molecule has 0 radical (unpaired) electrons. The fraction of sp³-hybridized carbons (Fsp3) is 0.500. The first-order valence-corrected chi connectivity index (χ1v) is 4.62. The van der Waals surface area contributed by atoms with E-state index in [0.717, 1.165) is 10.9 Å². The van der Waals surface area contributed by atoms with Crippen molar-refractivity contribution in [2.24, 2.45) is 0 Å². The second-order valence-corrected chi connectivity index (χ2v) is 3.15. The molecule has 1 atom stereocenters. The maximum Gasteiger partial charge on any atom is 0.330 e. The zero-order chi connectivity index (χ0) is 12.1. The van der Waals surface area contributed by atoms with E-state index in [1.807, 2.05) is 5.10 Å². The van der Waals surface area contributed by atoms with Crippen molar-refractivity contribution in [2.45, 2.75) is 19.6 Å². The van der Waals surface area contributed by atoms with Crippen LogP contribution in [0, 0.1) is 0 Å². The maximum atomic E-state index is 11.2. The number of aromatic nitrogens is 3. The molecule has 0 aliphatic rings. The van der Waals surface area contributed by atoms with E-state index in [1.165, 1.54) is 6.92 Å². The SMILES string of the molecule is CC(O)C(=O)NCCn1cn[nH]c(=O)c1=O. The van der Waals surface area contributed by atoms with Crippen molar-refractivity contribution in [2.75, 3.05) is 6.54 Å². The Kier molecular flexibility index (Phi) is 3.95. The Balaban J connectivity index is 2.56. The molecule has 3 N–H and O–H groups in total. The van der Waals surface area contributed by atoms with Crippen LogP contribution in [0.4, 0.5) is 0 Å². The lowest BCUT2D eigenvalue weighted by Gasteiger charge is -2.07. The number of carbonyl (C=O) groups is 1. The quantitative estimate of drug-likeness (QED) is 0.489. The highest BCUT2D eigenvalue weighted by molar-refractivity contribution is 5.79. The molecular weight excluding hydrogens is 216 g/mol. The van der Waals surface area contributed by atoms with Crippen LogP contribution >= 0.6 is 0 Å². The Bertz CT molecular complexity index is 475. The van der Waals surface area contributed by atoms with Gasteiger partial charge in [0.2, 0.25) is 5.91 Å². The van der Waals surface area contributed by atoms with Gasteiger partial charge in [-0.05, 0) is 6.92 Å². The zero-order valence-electron chi connectivity index (χ0n) is 8.64. The minimum absolute atomic E-state index is 0.119. The fourth-order valence-corrected chi connectivity index (χ4v) is 0.994. The molecule has 1 rings (SSSR count). The second-order valence-electron chi connectivity index (χ2n) is 3.15. The van der Waals surface area contributed by atoms with E-state index in [9.17, 15) is 14.4 Å². The molecule has 8 nitrogen and oxygen atoms in total. The van der Waals surface area contributed by atoms with Gasteiger partial charge in [0.25, 0.3) is 0 Å². The predicted molar refractivity (Wildman–Crippen MR) is 53.8 cm³/mol. The highest BCUT2D eigenvalue weighted by Gasteiger charge is 2.07. The fourth-order valence-electron chi connectivity index (χ4n) is 0.994. The van der Waals surface area contributed by atoms with Gasteiger partial charge in [0, 0.05) is 13.1 Å². The lowest BCUT2D eigenvalue weighted by atomic mass is 10.4. The summed E-state index contributed by atoms with van der Waals surface area (Å²) in [4.78, 5) is 33.0. The van der Waals surface area contributed by atoms with Crippen molar-refractivity contribution in [3.63, 3.8) is 0 Å². The molecular formula is C8H12N4O4. The number of hydrogen-bond acceptors (Lipinski definition) is 5. The molecule has 0 aromatic carbocycles. The summed E-state index contributed by atoms with van der Waals surface area (Å²) < 4.78 is 1.07. The van der Waals surface area contributed by atoms with Crippen molar-refractivity contribution in [3.05, 3.63) is 27.0 Å². The van der Waals surface area contributed by atoms with Gasteiger partial charge in [-0.1, -0.05) is 0 Å². The molecule has 0 aliphatic heterocycles. The van der Waals surface area contributed by atoms with Crippen LogP contribution in [0.1, 0.15) is 6.92 Å². The van der Waals surface area contributed by atoms with E-state index in [2.05, 4.69) is 10.4 Å². The summed E-state index contributed by atoms with van der Waals surface area (Å²) in [5.41, 5.74) is -1.55. The van der Waals surface area contributed by atoms with Gasteiger partial charge >= 0.3 is 11.1 Å². The number of hydrogen-bond donors (Lipinski definition) is 3. The summed E-state index contributed by atoms with van der Waals surface area (Å²) in [6.45, 7) is 1.58. The Morgan fingerprint density at radius 1 is 1.69 bits per heavy atom. The molecule has 1 unspecified atom stereocenters. The first-order valence-electron chi connectivity index (χ1n) is 4.62. The van der Waals surface area contributed by atoms with Gasteiger partial charge in [-0.2, -0.15) is 5.10 Å². The number of aromatic amines is 1. The summed E-state index contributed by atoms with van der Waals surface area (Å²) >= 11 is 0. The van der Waals surface area contributed by atoms with Crippen LogP contribution in [0.2, 0.25) is 0 Å². The average Bonchev–Trinajstić information content (AvgIpc) is 2.24. The molecule has 8 heteroatoms. The first kappa shape index (κ1) is 12.1. The minimum Gasteiger partial charge on any atom is -0.384 e. The highest BCUT2D eigenvalue weighted by atomic mass is 16.3. The van der Waals surface area contributed by atoms with Gasteiger partial charge in [0.15, 0.2) is 0 Å². The van der Waals surface area contributed by atoms with E-state index < -0.39 is 23.1 Å². The Morgan fingerprint density at radius 3 is 3.00 bits per heavy atom. The smallest absolute Gasteiger partial charge is 0.330 e. The molecule has 0 aliphatic carbocycles. The summed E-state index contributed by atoms with van der Waals surface area (Å²) in [7, 11) is 0. The van der Waals surface area contributed by atoms with Crippen LogP contribution in [0.15, 0.2) is 15.9 Å². The molecule has 0 bridgehead atoms. The number of rotatable bonds is 4. The third-order valence-corrected chi connectivity index (χ3v) is 1.85. The number of aliphatic hydroxyl groups is 1. The highest BCUT2D eigenvalue weighted by Crippen LogP contribution is 1.79. The van der Waals surface area contributed by atoms with Crippen molar-refractivity contribution in [3.8, 4) is 0 Å². The van der Waals surface area contributed by atoms with Gasteiger partial charge in [-0.25, -0.2) is 5.10 Å². The number of amides is 1. The minimum atomic E-state index is -1.10. The van der Waals surface area contributed by atoms with E-state index in [1.54, 1.807) is 0 Å². The topological polar surface area (TPSA) is 117 Å². The van der Waals surface area contributed by atoms with Gasteiger partial charge in [-0.15, -0.1) is 0 Å². The summed E-state index contributed by atoms with van der Waals surface area (Å²) in [5.74, 6) is -0.536. The lowest BCUT2D eigenvalue weighted by Crippen LogP contribution is -2.40. The van der Waals surface area contributed by atoms with Crippen LogP contribution in [-0.2, 0) is 11.3 Å². The first-order chi connectivity index (χ1) is 7.52. The van der Waals surface area contributed by atoms with Crippen molar-refractivity contribution in [1.82, 2.24) is 20.1 Å². The summed E-state index contributed by atoms with van der Waals surface area (Å²) in [6.07, 6.45) is 0.0622. The van der Waals surface area contributed by atoms with Crippen molar-refractivity contribution < 1.29 is 9.90 Å². The third kappa shape index (κ3) is 3.02. The Hall–Kier alpha value is -1.96.